The van der Waals surface area contributed by atoms with Crippen molar-refractivity contribution in [1.29, 1.82) is 0 Å². The van der Waals surface area contributed by atoms with Crippen molar-refractivity contribution in [3.8, 4) is 0 Å². The van der Waals surface area contributed by atoms with Crippen molar-refractivity contribution in [2.45, 2.75) is 52.1 Å². The molecular formula is C15H29N3O2. The summed E-state index contributed by atoms with van der Waals surface area (Å²) in [6.07, 6.45) is 4.46. The van der Waals surface area contributed by atoms with Crippen molar-refractivity contribution < 1.29 is 9.53 Å². The van der Waals surface area contributed by atoms with Crippen LogP contribution in [0.3, 0.4) is 0 Å². The molecule has 0 bridgehead atoms. The third-order valence-corrected chi connectivity index (χ3v) is 4.43. The molecule has 116 valence electrons. The average Bonchev–Trinajstić information content (AvgIpc) is 2.38. The summed E-state index contributed by atoms with van der Waals surface area (Å²) in [5.74, 6) is 7.35. The predicted octanol–water partition coefficient (Wildman–Crippen LogP) is 2.22. The van der Waals surface area contributed by atoms with E-state index in [-0.39, 0.29) is 6.09 Å². The lowest BCUT2D eigenvalue weighted by molar-refractivity contribution is 0.0136. The molecule has 0 aromatic rings. The summed E-state index contributed by atoms with van der Waals surface area (Å²) in [5, 5.41) is 1.92. The van der Waals surface area contributed by atoms with Crippen molar-refractivity contribution >= 4 is 6.09 Å². The molecule has 2 rings (SSSR count). The first-order valence-electron chi connectivity index (χ1n) is 7.83. The van der Waals surface area contributed by atoms with Crippen LogP contribution in [-0.2, 0) is 4.74 Å². The minimum Gasteiger partial charge on any atom is -0.444 e. The number of carbonyl (C=O) groups excluding carboxylic acids is 1. The monoisotopic (exact) mass is 283 g/mol. The number of likely N-dealkylation sites (tertiary alicyclic amines) is 1. The Hall–Kier alpha value is -0.810. The number of nitrogens with two attached hydrogens (primary N) is 1. The zero-order valence-corrected chi connectivity index (χ0v) is 13.1. The first kappa shape index (κ1) is 15.6. The van der Waals surface area contributed by atoms with Crippen LogP contribution in [0.15, 0.2) is 0 Å². The molecule has 0 radical (unpaired) electrons. The second-order valence-corrected chi connectivity index (χ2v) is 7.18. The maximum absolute atomic E-state index is 12.0. The SMILES string of the molecule is CC(C)(C)OC(=O)N1CCC(C2CCN(N)CC2)CC1. The summed E-state index contributed by atoms with van der Waals surface area (Å²) in [6, 6.07) is 0. The predicted molar refractivity (Wildman–Crippen MR) is 79.0 cm³/mol. The Labute approximate surface area is 122 Å². The first-order chi connectivity index (χ1) is 9.35. The molecule has 20 heavy (non-hydrogen) atoms. The number of carbonyl (C=O) groups is 1. The van der Waals surface area contributed by atoms with Gasteiger partial charge in [-0.15, -0.1) is 0 Å². The highest BCUT2D eigenvalue weighted by Crippen LogP contribution is 2.32. The lowest BCUT2D eigenvalue weighted by Crippen LogP contribution is -2.45. The van der Waals surface area contributed by atoms with Crippen LogP contribution in [0.2, 0.25) is 0 Å². The maximum Gasteiger partial charge on any atom is 0.410 e. The third kappa shape index (κ3) is 4.35. The van der Waals surface area contributed by atoms with Gasteiger partial charge in [0, 0.05) is 26.2 Å². The van der Waals surface area contributed by atoms with E-state index in [1.165, 1.54) is 12.8 Å². The van der Waals surface area contributed by atoms with E-state index >= 15 is 0 Å². The summed E-state index contributed by atoms with van der Waals surface area (Å²) >= 11 is 0. The van der Waals surface area contributed by atoms with E-state index in [1.807, 2.05) is 30.7 Å². The lowest BCUT2D eigenvalue weighted by Gasteiger charge is -2.39. The molecule has 1 amide bonds. The Balaban J connectivity index is 1.76. The largest absolute Gasteiger partial charge is 0.444 e. The van der Waals surface area contributed by atoms with Crippen LogP contribution in [0.1, 0.15) is 46.5 Å². The molecule has 5 heteroatoms. The Kier molecular flexibility index (Phi) is 4.91. The molecule has 0 aromatic carbocycles. The number of hydrogen-bond donors (Lipinski definition) is 1. The zero-order chi connectivity index (χ0) is 14.8. The van der Waals surface area contributed by atoms with Gasteiger partial charge in [0.15, 0.2) is 0 Å². The van der Waals surface area contributed by atoms with Crippen molar-refractivity contribution in [2.24, 2.45) is 17.7 Å². The Morgan fingerprint density at radius 3 is 1.90 bits per heavy atom. The zero-order valence-electron chi connectivity index (χ0n) is 13.1. The van der Waals surface area contributed by atoms with Crippen molar-refractivity contribution in [3.63, 3.8) is 0 Å². The molecule has 0 spiro atoms. The summed E-state index contributed by atoms with van der Waals surface area (Å²) in [5.41, 5.74) is -0.401. The van der Waals surface area contributed by atoms with Crippen LogP contribution in [0.25, 0.3) is 0 Å². The summed E-state index contributed by atoms with van der Waals surface area (Å²) in [6.45, 7) is 9.44. The molecule has 0 aliphatic carbocycles. The van der Waals surface area contributed by atoms with Crippen molar-refractivity contribution in [3.05, 3.63) is 0 Å². The fourth-order valence-corrected chi connectivity index (χ4v) is 3.27. The number of amides is 1. The van der Waals surface area contributed by atoms with Crippen LogP contribution >= 0.6 is 0 Å². The quantitative estimate of drug-likeness (QED) is 0.750. The fraction of sp³-hybridized carbons (Fsp3) is 0.933. The Morgan fingerprint density at radius 2 is 1.45 bits per heavy atom. The average molecular weight is 283 g/mol. The van der Waals surface area contributed by atoms with Crippen LogP contribution in [-0.4, -0.2) is 47.8 Å². The van der Waals surface area contributed by atoms with Gasteiger partial charge < -0.3 is 9.64 Å². The van der Waals surface area contributed by atoms with Gasteiger partial charge in [0.1, 0.15) is 5.60 Å². The highest BCUT2D eigenvalue weighted by Gasteiger charge is 2.31. The lowest BCUT2D eigenvalue weighted by atomic mass is 9.79. The molecular weight excluding hydrogens is 254 g/mol. The van der Waals surface area contributed by atoms with Gasteiger partial charge in [-0.25, -0.2) is 9.80 Å². The molecule has 0 saturated carbocycles. The van der Waals surface area contributed by atoms with Gasteiger partial charge in [-0.1, -0.05) is 0 Å². The van der Waals surface area contributed by atoms with Gasteiger partial charge >= 0.3 is 6.09 Å². The van der Waals surface area contributed by atoms with Gasteiger partial charge in [-0.3, -0.25) is 5.84 Å². The van der Waals surface area contributed by atoms with Gasteiger partial charge in [-0.05, 0) is 58.3 Å². The summed E-state index contributed by atoms with van der Waals surface area (Å²) in [4.78, 5) is 13.9. The topological polar surface area (TPSA) is 58.8 Å². The Morgan fingerprint density at radius 1 is 1.00 bits per heavy atom. The van der Waals surface area contributed by atoms with E-state index in [0.717, 1.165) is 50.9 Å². The summed E-state index contributed by atoms with van der Waals surface area (Å²) < 4.78 is 5.44. The number of hydrogen-bond acceptors (Lipinski definition) is 4. The van der Waals surface area contributed by atoms with E-state index in [2.05, 4.69) is 0 Å². The minimum atomic E-state index is -0.401. The number of nitrogens with zero attached hydrogens (tertiary/aromatic N) is 2. The van der Waals surface area contributed by atoms with Gasteiger partial charge in [-0.2, -0.15) is 0 Å². The molecule has 2 fully saturated rings. The van der Waals surface area contributed by atoms with E-state index in [9.17, 15) is 4.79 Å². The van der Waals surface area contributed by atoms with Crippen LogP contribution in [0, 0.1) is 11.8 Å². The molecule has 2 heterocycles. The van der Waals surface area contributed by atoms with Gasteiger partial charge in [0.25, 0.3) is 0 Å². The van der Waals surface area contributed by atoms with Gasteiger partial charge in [0.2, 0.25) is 0 Å². The van der Waals surface area contributed by atoms with E-state index in [0.29, 0.717) is 0 Å². The molecule has 0 atom stereocenters. The van der Waals surface area contributed by atoms with E-state index in [1.54, 1.807) is 0 Å². The molecule has 0 aromatic heterocycles. The number of ether oxygens (including phenoxy) is 1. The van der Waals surface area contributed by atoms with E-state index in [4.69, 9.17) is 10.6 Å². The fourth-order valence-electron chi connectivity index (χ4n) is 3.27. The van der Waals surface area contributed by atoms with Crippen LogP contribution in [0.5, 0.6) is 0 Å². The maximum atomic E-state index is 12.0. The highest BCUT2D eigenvalue weighted by molar-refractivity contribution is 5.68. The second-order valence-electron chi connectivity index (χ2n) is 7.18. The standard InChI is InChI=1S/C15H29N3O2/c1-15(2,3)20-14(19)17-8-4-12(5-9-17)13-6-10-18(16)11-7-13/h12-13H,4-11,16H2,1-3H3. The number of piperidine rings is 2. The van der Waals surface area contributed by atoms with Crippen molar-refractivity contribution in [2.75, 3.05) is 26.2 Å². The van der Waals surface area contributed by atoms with E-state index < -0.39 is 5.60 Å². The van der Waals surface area contributed by atoms with Crippen LogP contribution in [0.4, 0.5) is 4.79 Å². The van der Waals surface area contributed by atoms with Gasteiger partial charge in [0.05, 0.1) is 0 Å². The normalized spacial score (nSPS) is 23.9. The third-order valence-electron chi connectivity index (χ3n) is 4.43. The molecule has 2 aliphatic heterocycles. The molecule has 2 aliphatic rings. The van der Waals surface area contributed by atoms with Crippen LogP contribution < -0.4 is 5.84 Å². The number of hydrazine groups is 1. The molecule has 0 unspecified atom stereocenters. The molecule has 2 saturated heterocycles. The molecule has 2 N–H and O–H groups in total. The first-order valence-corrected chi connectivity index (χ1v) is 7.83. The smallest absolute Gasteiger partial charge is 0.410 e. The summed E-state index contributed by atoms with van der Waals surface area (Å²) in [7, 11) is 0. The Bertz CT molecular complexity index is 325. The minimum absolute atomic E-state index is 0.160. The second kappa shape index (κ2) is 6.31. The van der Waals surface area contributed by atoms with Crippen molar-refractivity contribution in [1.82, 2.24) is 9.91 Å². The molecule has 5 nitrogen and oxygen atoms in total. The number of rotatable bonds is 1. The highest BCUT2D eigenvalue weighted by atomic mass is 16.6.